The predicted octanol–water partition coefficient (Wildman–Crippen LogP) is 4.46. The van der Waals surface area contributed by atoms with Crippen molar-refractivity contribution in [3.63, 3.8) is 0 Å². The monoisotopic (exact) mass is 431 g/mol. The summed E-state index contributed by atoms with van der Waals surface area (Å²) >= 11 is 0. The first-order valence-electron chi connectivity index (χ1n) is 10.9. The summed E-state index contributed by atoms with van der Waals surface area (Å²) in [5.41, 5.74) is 5.28. The van der Waals surface area contributed by atoms with E-state index in [1.807, 2.05) is 55.5 Å². The Bertz CT molecular complexity index is 1010. The molecule has 6 heteroatoms. The van der Waals surface area contributed by atoms with E-state index < -0.39 is 0 Å². The van der Waals surface area contributed by atoms with E-state index in [0.717, 1.165) is 48.8 Å². The van der Waals surface area contributed by atoms with Gasteiger partial charge in [0.15, 0.2) is 6.61 Å². The van der Waals surface area contributed by atoms with Crippen molar-refractivity contribution in [2.45, 2.75) is 13.5 Å². The minimum absolute atomic E-state index is 0.0340. The maximum Gasteiger partial charge on any atom is 0.262 e. The highest BCUT2D eigenvalue weighted by molar-refractivity contribution is 5.91. The molecule has 166 valence electrons. The van der Waals surface area contributed by atoms with Crippen LogP contribution in [0.5, 0.6) is 5.75 Å². The number of ether oxygens (including phenoxy) is 2. The summed E-state index contributed by atoms with van der Waals surface area (Å²) in [6.07, 6.45) is 0. The highest BCUT2D eigenvalue weighted by Crippen LogP contribution is 2.20. The van der Waals surface area contributed by atoms with Crippen molar-refractivity contribution in [1.29, 1.82) is 0 Å². The molecule has 1 aliphatic heterocycles. The molecule has 32 heavy (non-hydrogen) atoms. The van der Waals surface area contributed by atoms with E-state index in [0.29, 0.717) is 12.3 Å². The van der Waals surface area contributed by atoms with Crippen LogP contribution in [0.15, 0.2) is 72.8 Å². The van der Waals surface area contributed by atoms with Crippen molar-refractivity contribution in [3.8, 4) is 5.75 Å². The lowest BCUT2D eigenvalue weighted by Gasteiger charge is -2.28. The number of benzene rings is 3. The molecule has 6 nitrogen and oxygen atoms in total. The van der Waals surface area contributed by atoms with E-state index in [1.54, 1.807) is 0 Å². The number of rotatable bonds is 8. The van der Waals surface area contributed by atoms with Gasteiger partial charge in [0.05, 0.1) is 13.2 Å². The lowest BCUT2D eigenvalue weighted by molar-refractivity contribution is -0.118. The third-order valence-electron chi connectivity index (χ3n) is 5.34. The first kappa shape index (κ1) is 21.7. The Labute approximate surface area is 189 Å². The van der Waals surface area contributed by atoms with Gasteiger partial charge in [0, 0.05) is 36.7 Å². The van der Waals surface area contributed by atoms with Gasteiger partial charge in [-0.05, 0) is 61.0 Å². The fourth-order valence-corrected chi connectivity index (χ4v) is 3.54. The highest BCUT2D eigenvalue weighted by atomic mass is 16.5. The van der Waals surface area contributed by atoms with Gasteiger partial charge in [-0.3, -0.25) is 4.79 Å². The molecule has 0 aliphatic carbocycles. The molecule has 0 atom stereocenters. The molecule has 3 aromatic carbocycles. The molecule has 1 amide bonds. The molecule has 0 radical (unpaired) electrons. The molecule has 0 bridgehead atoms. The second kappa shape index (κ2) is 10.7. The zero-order valence-corrected chi connectivity index (χ0v) is 18.3. The number of nitrogens with zero attached hydrogens (tertiary/aromatic N) is 1. The molecule has 0 aromatic heterocycles. The molecular formula is C26H29N3O3. The first-order valence-corrected chi connectivity index (χ1v) is 10.9. The van der Waals surface area contributed by atoms with E-state index >= 15 is 0 Å². The van der Waals surface area contributed by atoms with Crippen molar-refractivity contribution >= 4 is 23.0 Å². The number of anilines is 3. The van der Waals surface area contributed by atoms with Gasteiger partial charge < -0.3 is 25.0 Å². The standard InChI is InChI=1S/C26H29N3O3/c1-20-5-7-23(8-6-20)28-26(30)19-32-25-4-2-3-21(17-25)18-27-22-9-11-24(12-10-22)29-13-15-31-16-14-29/h2-12,17,27H,13-16,18-19H2,1H3,(H,28,30). The van der Waals surface area contributed by atoms with Gasteiger partial charge >= 0.3 is 0 Å². The number of hydrogen-bond donors (Lipinski definition) is 2. The van der Waals surface area contributed by atoms with Crippen LogP contribution >= 0.6 is 0 Å². The number of amides is 1. The second-order valence-electron chi connectivity index (χ2n) is 7.85. The lowest BCUT2D eigenvalue weighted by atomic mass is 10.2. The molecule has 0 unspecified atom stereocenters. The van der Waals surface area contributed by atoms with Gasteiger partial charge in [-0.15, -0.1) is 0 Å². The van der Waals surface area contributed by atoms with Crippen molar-refractivity contribution in [2.75, 3.05) is 48.4 Å². The van der Waals surface area contributed by atoms with E-state index in [-0.39, 0.29) is 12.5 Å². The summed E-state index contributed by atoms with van der Waals surface area (Å²) in [4.78, 5) is 14.5. The van der Waals surface area contributed by atoms with Gasteiger partial charge in [-0.25, -0.2) is 0 Å². The maximum atomic E-state index is 12.1. The first-order chi connectivity index (χ1) is 15.7. The largest absolute Gasteiger partial charge is 0.484 e. The minimum Gasteiger partial charge on any atom is -0.484 e. The third-order valence-corrected chi connectivity index (χ3v) is 5.34. The quantitative estimate of drug-likeness (QED) is 0.551. The van der Waals surface area contributed by atoms with Crippen LogP contribution in [0.1, 0.15) is 11.1 Å². The smallest absolute Gasteiger partial charge is 0.262 e. The molecule has 0 saturated carbocycles. The fourth-order valence-electron chi connectivity index (χ4n) is 3.54. The summed E-state index contributed by atoms with van der Waals surface area (Å²) in [5.74, 6) is 0.490. The third kappa shape index (κ3) is 6.25. The van der Waals surface area contributed by atoms with Crippen LogP contribution < -0.4 is 20.3 Å². The molecule has 2 N–H and O–H groups in total. The summed E-state index contributed by atoms with van der Waals surface area (Å²) in [5, 5.41) is 6.28. The van der Waals surface area contributed by atoms with Crippen LogP contribution in [-0.2, 0) is 16.1 Å². The van der Waals surface area contributed by atoms with Crippen LogP contribution in [0.2, 0.25) is 0 Å². The Kier molecular flexibility index (Phi) is 7.25. The van der Waals surface area contributed by atoms with Crippen molar-refractivity contribution in [2.24, 2.45) is 0 Å². The number of aryl methyl sites for hydroxylation is 1. The lowest BCUT2D eigenvalue weighted by Crippen LogP contribution is -2.36. The normalized spacial score (nSPS) is 13.5. The van der Waals surface area contributed by atoms with Crippen LogP contribution in [0.25, 0.3) is 0 Å². The van der Waals surface area contributed by atoms with E-state index in [2.05, 4.69) is 39.8 Å². The van der Waals surface area contributed by atoms with Gasteiger partial charge in [0.25, 0.3) is 5.91 Å². The zero-order valence-electron chi connectivity index (χ0n) is 18.3. The summed E-state index contributed by atoms with van der Waals surface area (Å²) in [6.45, 7) is 6.08. The van der Waals surface area contributed by atoms with Crippen molar-refractivity contribution < 1.29 is 14.3 Å². The molecule has 0 spiro atoms. The van der Waals surface area contributed by atoms with Gasteiger partial charge in [0.1, 0.15) is 5.75 Å². The summed E-state index contributed by atoms with van der Waals surface area (Å²) < 4.78 is 11.1. The second-order valence-corrected chi connectivity index (χ2v) is 7.85. The number of hydrogen-bond acceptors (Lipinski definition) is 5. The molecule has 3 aromatic rings. The molecule has 1 fully saturated rings. The average molecular weight is 432 g/mol. The Morgan fingerprint density at radius 3 is 2.44 bits per heavy atom. The molecule has 1 saturated heterocycles. The van der Waals surface area contributed by atoms with Crippen LogP contribution in [-0.4, -0.2) is 38.8 Å². The van der Waals surface area contributed by atoms with Gasteiger partial charge in [0.2, 0.25) is 0 Å². The van der Waals surface area contributed by atoms with Gasteiger partial charge in [-0.1, -0.05) is 29.8 Å². The number of carbonyl (C=O) groups is 1. The zero-order chi connectivity index (χ0) is 22.2. The van der Waals surface area contributed by atoms with E-state index in [9.17, 15) is 4.79 Å². The Morgan fingerprint density at radius 1 is 0.969 bits per heavy atom. The van der Waals surface area contributed by atoms with E-state index in [1.165, 1.54) is 5.69 Å². The average Bonchev–Trinajstić information content (AvgIpc) is 2.84. The van der Waals surface area contributed by atoms with Crippen molar-refractivity contribution in [3.05, 3.63) is 83.9 Å². The maximum absolute atomic E-state index is 12.1. The predicted molar refractivity (Wildman–Crippen MR) is 129 cm³/mol. The molecule has 1 aliphatic rings. The van der Waals surface area contributed by atoms with Crippen LogP contribution in [0, 0.1) is 6.92 Å². The SMILES string of the molecule is Cc1ccc(NC(=O)COc2cccc(CNc3ccc(N4CCOCC4)cc3)c2)cc1. The Balaban J connectivity index is 1.25. The summed E-state index contributed by atoms with van der Waals surface area (Å²) in [7, 11) is 0. The minimum atomic E-state index is -0.183. The van der Waals surface area contributed by atoms with Crippen LogP contribution in [0.4, 0.5) is 17.1 Å². The van der Waals surface area contributed by atoms with Crippen molar-refractivity contribution in [1.82, 2.24) is 0 Å². The molecule has 1 heterocycles. The molecular weight excluding hydrogens is 402 g/mol. The highest BCUT2D eigenvalue weighted by Gasteiger charge is 2.10. The Hall–Kier alpha value is -3.51. The van der Waals surface area contributed by atoms with Crippen LogP contribution in [0.3, 0.4) is 0 Å². The summed E-state index contributed by atoms with van der Waals surface area (Å²) in [6, 6.07) is 23.9. The van der Waals surface area contributed by atoms with Gasteiger partial charge in [-0.2, -0.15) is 0 Å². The molecule has 4 rings (SSSR count). The Morgan fingerprint density at radius 2 is 1.69 bits per heavy atom. The topological polar surface area (TPSA) is 62.8 Å². The number of carbonyl (C=O) groups excluding carboxylic acids is 1. The fraction of sp³-hybridized carbons (Fsp3) is 0.269. The number of nitrogens with one attached hydrogen (secondary N) is 2. The van der Waals surface area contributed by atoms with E-state index in [4.69, 9.17) is 9.47 Å². The number of morpholine rings is 1.